The molecule has 0 bridgehead atoms. The summed E-state index contributed by atoms with van der Waals surface area (Å²) in [4.78, 5) is 0. The summed E-state index contributed by atoms with van der Waals surface area (Å²) >= 11 is 0. The molecule has 0 saturated heterocycles. The summed E-state index contributed by atoms with van der Waals surface area (Å²) in [6.45, 7) is 8.82. The fraction of sp³-hybridized carbons (Fsp3) is 0.500. The lowest BCUT2D eigenvalue weighted by Crippen LogP contribution is -2.14. The van der Waals surface area contributed by atoms with Crippen molar-refractivity contribution in [2.75, 3.05) is 0 Å². The molecule has 80 valence electrons. The Bertz CT molecular complexity index is 377. The molecule has 0 amide bonds. The number of nitriles is 1. The second-order valence-corrected chi connectivity index (χ2v) is 4.98. The summed E-state index contributed by atoms with van der Waals surface area (Å²) in [6, 6.07) is 8.25. The topological polar surface area (TPSA) is 23.8 Å². The third-order valence-electron chi connectivity index (χ3n) is 2.56. The summed E-state index contributed by atoms with van der Waals surface area (Å²) in [5.41, 5.74) is 3.62. The number of benzene rings is 1. The fourth-order valence-electron chi connectivity index (χ4n) is 1.87. The number of nitrogens with zero attached hydrogens (tertiary/aromatic N) is 1. The van der Waals surface area contributed by atoms with Crippen molar-refractivity contribution in [3.05, 3.63) is 34.9 Å². The third-order valence-corrected chi connectivity index (χ3v) is 2.56. The molecule has 0 aromatic heterocycles. The van der Waals surface area contributed by atoms with Crippen LogP contribution < -0.4 is 0 Å². The lowest BCUT2D eigenvalue weighted by molar-refractivity contribution is 0.581. The molecule has 1 aromatic carbocycles. The highest BCUT2D eigenvalue weighted by molar-refractivity contribution is 5.41. The summed E-state index contributed by atoms with van der Waals surface area (Å²) in [5, 5.41) is 8.87. The van der Waals surface area contributed by atoms with Crippen LogP contribution in [0.4, 0.5) is 0 Å². The molecule has 0 aliphatic carbocycles. The molecule has 0 radical (unpaired) electrons. The highest BCUT2D eigenvalue weighted by Gasteiger charge is 2.17. The zero-order valence-corrected chi connectivity index (χ0v) is 10.1. The van der Waals surface area contributed by atoms with Gasteiger partial charge < -0.3 is 0 Å². The van der Waals surface area contributed by atoms with E-state index >= 15 is 0 Å². The Labute approximate surface area is 92.7 Å². The maximum Gasteiger partial charge on any atom is 0.0991 e. The average Bonchev–Trinajstić information content (AvgIpc) is 2.16. The maximum absolute atomic E-state index is 8.87. The molecule has 0 atom stereocenters. The number of hydrogen-bond acceptors (Lipinski definition) is 1. The Morgan fingerprint density at radius 2 is 1.93 bits per heavy atom. The van der Waals surface area contributed by atoms with Gasteiger partial charge in [-0.3, -0.25) is 0 Å². The first-order valence-electron chi connectivity index (χ1n) is 5.52. The first-order valence-corrected chi connectivity index (χ1v) is 5.52. The minimum atomic E-state index is 0.165. The van der Waals surface area contributed by atoms with Crippen molar-refractivity contribution in [1.29, 1.82) is 5.26 Å². The molecular weight excluding hydrogens is 182 g/mol. The molecule has 0 aliphatic rings. The Balaban J connectivity index is 3.22. The van der Waals surface area contributed by atoms with Crippen LogP contribution in [0.25, 0.3) is 0 Å². The van der Waals surface area contributed by atoms with E-state index in [1.54, 1.807) is 0 Å². The molecule has 0 saturated carbocycles. The van der Waals surface area contributed by atoms with Gasteiger partial charge in [-0.25, -0.2) is 0 Å². The Hall–Kier alpha value is -1.29. The molecule has 1 rings (SSSR count). The van der Waals surface area contributed by atoms with Gasteiger partial charge in [0.2, 0.25) is 0 Å². The SMILES string of the molecule is CCCc1cc(C#N)ccc1C(C)(C)C. The van der Waals surface area contributed by atoms with Crippen molar-refractivity contribution in [2.45, 2.75) is 46.0 Å². The standard InChI is InChI=1S/C14H19N/c1-5-6-12-9-11(10-15)7-8-13(12)14(2,3)4/h7-9H,5-6H2,1-4H3. The monoisotopic (exact) mass is 201 g/mol. The minimum absolute atomic E-state index is 0.165. The van der Waals surface area contributed by atoms with Gasteiger partial charge in [0.05, 0.1) is 11.6 Å². The van der Waals surface area contributed by atoms with Crippen LogP contribution in [0.15, 0.2) is 18.2 Å². The molecule has 1 aromatic rings. The van der Waals surface area contributed by atoms with Gasteiger partial charge in [0.25, 0.3) is 0 Å². The lowest BCUT2D eigenvalue weighted by atomic mass is 9.82. The van der Waals surface area contributed by atoms with Crippen LogP contribution in [0.3, 0.4) is 0 Å². The molecule has 0 unspecified atom stereocenters. The number of hydrogen-bond donors (Lipinski definition) is 0. The summed E-state index contributed by atoms with van der Waals surface area (Å²) < 4.78 is 0. The van der Waals surface area contributed by atoms with E-state index in [2.05, 4.69) is 39.8 Å². The van der Waals surface area contributed by atoms with Crippen LogP contribution in [0.1, 0.15) is 50.8 Å². The second kappa shape index (κ2) is 4.49. The molecule has 0 heterocycles. The van der Waals surface area contributed by atoms with Crippen LogP contribution in [-0.4, -0.2) is 0 Å². The number of rotatable bonds is 2. The van der Waals surface area contributed by atoms with Crippen LogP contribution in [-0.2, 0) is 11.8 Å². The van der Waals surface area contributed by atoms with Crippen molar-refractivity contribution >= 4 is 0 Å². The highest BCUT2D eigenvalue weighted by Crippen LogP contribution is 2.27. The van der Waals surface area contributed by atoms with Crippen molar-refractivity contribution in [1.82, 2.24) is 0 Å². The summed E-state index contributed by atoms with van der Waals surface area (Å²) in [6.07, 6.45) is 2.18. The molecule has 15 heavy (non-hydrogen) atoms. The van der Waals surface area contributed by atoms with Gasteiger partial charge in [0.1, 0.15) is 0 Å². The zero-order valence-electron chi connectivity index (χ0n) is 10.1. The van der Waals surface area contributed by atoms with E-state index in [1.165, 1.54) is 11.1 Å². The predicted molar refractivity (Wildman–Crippen MR) is 63.9 cm³/mol. The van der Waals surface area contributed by atoms with E-state index in [0.29, 0.717) is 0 Å². The van der Waals surface area contributed by atoms with Crippen LogP contribution in [0, 0.1) is 11.3 Å². The van der Waals surface area contributed by atoms with Gasteiger partial charge in [0.15, 0.2) is 0 Å². The smallest absolute Gasteiger partial charge is 0.0991 e. The zero-order chi connectivity index (χ0) is 11.5. The average molecular weight is 201 g/mol. The highest BCUT2D eigenvalue weighted by atomic mass is 14.3. The molecule has 1 nitrogen and oxygen atoms in total. The molecule has 0 fully saturated rings. The Kier molecular flexibility index (Phi) is 3.52. The fourth-order valence-corrected chi connectivity index (χ4v) is 1.87. The lowest BCUT2D eigenvalue weighted by Gasteiger charge is -2.23. The molecule has 0 N–H and O–H groups in total. The van der Waals surface area contributed by atoms with Crippen LogP contribution in [0.2, 0.25) is 0 Å². The largest absolute Gasteiger partial charge is 0.192 e. The predicted octanol–water partition coefficient (Wildman–Crippen LogP) is 3.81. The van der Waals surface area contributed by atoms with Gasteiger partial charge in [-0.05, 0) is 35.1 Å². The summed E-state index contributed by atoms with van der Waals surface area (Å²) in [5.74, 6) is 0. The first-order chi connectivity index (χ1) is 6.99. The Morgan fingerprint density at radius 3 is 2.40 bits per heavy atom. The molecule has 0 aliphatic heterocycles. The van der Waals surface area contributed by atoms with E-state index < -0.39 is 0 Å². The van der Waals surface area contributed by atoms with Gasteiger partial charge in [0, 0.05) is 0 Å². The first kappa shape index (κ1) is 11.8. The molecular formula is C14H19N. The van der Waals surface area contributed by atoms with Crippen LogP contribution >= 0.6 is 0 Å². The third kappa shape index (κ3) is 2.83. The van der Waals surface area contributed by atoms with Crippen LogP contribution in [0.5, 0.6) is 0 Å². The van der Waals surface area contributed by atoms with Gasteiger partial charge in [-0.15, -0.1) is 0 Å². The quantitative estimate of drug-likeness (QED) is 0.713. The minimum Gasteiger partial charge on any atom is -0.192 e. The summed E-state index contributed by atoms with van der Waals surface area (Å²) in [7, 11) is 0. The van der Waals surface area contributed by atoms with E-state index in [4.69, 9.17) is 5.26 Å². The Morgan fingerprint density at radius 1 is 1.27 bits per heavy atom. The number of aryl methyl sites for hydroxylation is 1. The van der Waals surface area contributed by atoms with E-state index in [1.807, 2.05) is 12.1 Å². The van der Waals surface area contributed by atoms with Gasteiger partial charge in [-0.2, -0.15) is 5.26 Å². The second-order valence-electron chi connectivity index (χ2n) is 4.98. The molecule has 1 heteroatoms. The van der Waals surface area contributed by atoms with Gasteiger partial charge >= 0.3 is 0 Å². The van der Waals surface area contributed by atoms with Crippen molar-refractivity contribution in [3.63, 3.8) is 0 Å². The normalized spacial score (nSPS) is 11.1. The van der Waals surface area contributed by atoms with Crippen molar-refractivity contribution in [2.24, 2.45) is 0 Å². The van der Waals surface area contributed by atoms with Crippen molar-refractivity contribution < 1.29 is 0 Å². The van der Waals surface area contributed by atoms with E-state index in [9.17, 15) is 0 Å². The molecule has 0 spiro atoms. The van der Waals surface area contributed by atoms with Crippen molar-refractivity contribution in [3.8, 4) is 6.07 Å². The maximum atomic E-state index is 8.87. The van der Waals surface area contributed by atoms with E-state index in [-0.39, 0.29) is 5.41 Å². The van der Waals surface area contributed by atoms with Gasteiger partial charge in [-0.1, -0.05) is 40.2 Å². The van der Waals surface area contributed by atoms with E-state index in [0.717, 1.165) is 18.4 Å².